The van der Waals surface area contributed by atoms with Crippen molar-refractivity contribution in [3.63, 3.8) is 0 Å². The Hall–Kier alpha value is -3.59. The fourth-order valence-electron chi connectivity index (χ4n) is 3.48. The molecule has 0 radical (unpaired) electrons. The fourth-order valence-corrected chi connectivity index (χ4v) is 4.52. The van der Waals surface area contributed by atoms with Crippen LogP contribution in [0.25, 0.3) is 10.2 Å². The lowest BCUT2D eigenvalue weighted by Crippen LogP contribution is -2.32. The number of hydrogen-bond acceptors (Lipinski definition) is 6. The smallest absolute Gasteiger partial charge is 0.269 e. The van der Waals surface area contributed by atoms with Gasteiger partial charge in [0.25, 0.3) is 11.6 Å². The van der Waals surface area contributed by atoms with Crippen LogP contribution in [0.1, 0.15) is 27.9 Å². The molecule has 1 amide bonds. The van der Waals surface area contributed by atoms with E-state index in [0.717, 1.165) is 21.3 Å². The van der Waals surface area contributed by atoms with E-state index in [1.54, 1.807) is 17.4 Å². The summed E-state index contributed by atoms with van der Waals surface area (Å²) in [5.41, 5.74) is 3.46. The monoisotopic (exact) mass is 435 g/mol. The number of carbonyl (C=O) groups is 1. The average Bonchev–Trinajstić information content (AvgIpc) is 3.40. The molecule has 2 aromatic heterocycles. The number of hydrogen-bond donors (Lipinski definition) is 0. The van der Waals surface area contributed by atoms with Gasteiger partial charge >= 0.3 is 0 Å². The first-order chi connectivity index (χ1) is 14.9. The number of fused-ring (bicyclic) bond motifs is 1. The SMILES string of the molecule is Cc1cc(C)c2sc(N(CCCn3ccnc3)C(=O)c3ccc([N+](=O)[O-])cc3)nc2c1. The number of nitrogens with zero attached hydrogens (tertiary/aromatic N) is 5. The summed E-state index contributed by atoms with van der Waals surface area (Å²) in [4.78, 5) is 34.3. The van der Waals surface area contributed by atoms with Crippen molar-refractivity contribution in [3.8, 4) is 0 Å². The van der Waals surface area contributed by atoms with Crippen LogP contribution < -0.4 is 4.90 Å². The number of benzene rings is 2. The standard InChI is InChI=1S/C22H21N5O3S/c1-15-12-16(2)20-19(13-15)24-22(31-20)26(10-3-9-25-11-8-23-14-25)21(28)17-4-6-18(7-5-17)27(29)30/h4-8,11-14H,3,9-10H2,1-2H3. The first-order valence-electron chi connectivity index (χ1n) is 9.82. The zero-order valence-electron chi connectivity index (χ0n) is 17.2. The molecule has 8 nitrogen and oxygen atoms in total. The van der Waals surface area contributed by atoms with Gasteiger partial charge in [0, 0.05) is 43.2 Å². The lowest BCUT2D eigenvalue weighted by atomic mass is 10.1. The van der Waals surface area contributed by atoms with Crippen LogP contribution in [-0.4, -0.2) is 31.9 Å². The second-order valence-electron chi connectivity index (χ2n) is 7.34. The van der Waals surface area contributed by atoms with Crippen molar-refractivity contribution in [1.82, 2.24) is 14.5 Å². The highest BCUT2D eigenvalue weighted by Crippen LogP contribution is 2.33. The number of nitro benzene ring substituents is 1. The second kappa shape index (κ2) is 8.65. The zero-order valence-corrected chi connectivity index (χ0v) is 18.0. The quantitative estimate of drug-likeness (QED) is 0.308. The number of aryl methyl sites for hydroxylation is 3. The number of anilines is 1. The lowest BCUT2D eigenvalue weighted by molar-refractivity contribution is -0.384. The van der Waals surface area contributed by atoms with Crippen molar-refractivity contribution in [2.75, 3.05) is 11.4 Å². The van der Waals surface area contributed by atoms with Crippen LogP contribution in [0, 0.1) is 24.0 Å². The van der Waals surface area contributed by atoms with Gasteiger partial charge in [-0.3, -0.25) is 19.8 Å². The fraction of sp³-hybridized carbons (Fsp3) is 0.227. The molecule has 158 valence electrons. The van der Waals surface area contributed by atoms with Gasteiger partial charge in [0.1, 0.15) is 0 Å². The number of carbonyl (C=O) groups excluding carboxylic acids is 1. The largest absolute Gasteiger partial charge is 0.337 e. The van der Waals surface area contributed by atoms with Gasteiger partial charge in [-0.05, 0) is 49.6 Å². The van der Waals surface area contributed by atoms with Gasteiger partial charge in [-0.2, -0.15) is 0 Å². The van der Waals surface area contributed by atoms with Gasteiger partial charge in [0.05, 0.1) is 21.5 Å². The van der Waals surface area contributed by atoms with Crippen LogP contribution in [0.4, 0.5) is 10.8 Å². The second-order valence-corrected chi connectivity index (χ2v) is 8.32. The molecule has 0 fully saturated rings. The highest BCUT2D eigenvalue weighted by molar-refractivity contribution is 7.22. The van der Waals surface area contributed by atoms with Crippen molar-refractivity contribution >= 4 is 38.3 Å². The Morgan fingerprint density at radius 1 is 1.23 bits per heavy atom. The lowest BCUT2D eigenvalue weighted by Gasteiger charge is -2.20. The van der Waals surface area contributed by atoms with E-state index in [9.17, 15) is 14.9 Å². The molecule has 0 saturated carbocycles. The maximum Gasteiger partial charge on any atom is 0.269 e. The highest BCUT2D eigenvalue weighted by atomic mass is 32.1. The molecule has 9 heteroatoms. The first kappa shape index (κ1) is 20.7. The highest BCUT2D eigenvalue weighted by Gasteiger charge is 2.22. The molecular formula is C22H21N5O3S. The summed E-state index contributed by atoms with van der Waals surface area (Å²) in [5.74, 6) is -0.228. The minimum absolute atomic E-state index is 0.0469. The molecule has 0 saturated heterocycles. The van der Waals surface area contributed by atoms with E-state index < -0.39 is 4.92 Å². The summed E-state index contributed by atoms with van der Waals surface area (Å²) in [7, 11) is 0. The van der Waals surface area contributed by atoms with Crippen molar-refractivity contribution in [2.45, 2.75) is 26.8 Å². The Bertz CT molecular complexity index is 1230. The summed E-state index contributed by atoms with van der Waals surface area (Å²) in [5, 5.41) is 11.6. The Morgan fingerprint density at radius 2 is 2.00 bits per heavy atom. The maximum atomic E-state index is 13.4. The Labute approximate surface area is 182 Å². The van der Waals surface area contributed by atoms with E-state index in [1.807, 2.05) is 30.7 Å². The molecule has 0 aliphatic rings. The molecule has 31 heavy (non-hydrogen) atoms. The molecule has 2 heterocycles. The van der Waals surface area contributed by atoms with Gasteiger partial charge in [-0.1, -0.05) is 17.4 Å². The first-order valence-corrected chi connectivity index (χ1v) is 10.6. The van der Waals surface area contributed by atoms with Gasteiger partial charge < -0.3 is 4.57 Å². The molecule has 2 aromatic carbocycles. The zero-order chi connectivity index (χ0) is 22.0. The predicted octanol–water partition coefficient (Wildman–Crippen LogP) is 4.75. The van der Waals surface area contributed by atoms with Crippen LogP contribution in [0.5, 0.6) is 0 Å². The molecule has 4 rings (SSSR count). The van der Waals surface area contributed by atoms with Gasteiger partial charge in [0.15, 0.2) is 5.13 Å². The Balaban J connectivity index is 1.65. The van der Waals surface area contributed by atoms with Crippen LogP contribution in [0.3, 0.4) is 0 Å². The number of nitro groups is 1. The van der Waals surface area contributed by atoms with E-state index in [0.29, 0.717) is 30.2 Å². The topological polar surface area (TPSA) is 94.2 Å². The number of non-ortho nitro benzene ring substituents is 1. The Kier molecular flexibility index (Phi) is 5.77. The molecule has 0 N–H and O–H groups in total. The molecular weight excluding hydrogens is 414 g/mol. The maximum absolute atomic E-state index is 13.4. The summed E-state index contributed by atoms with van der Waals surface area (Å²) in [6.07, 6.45) is 6.06. The average molecular weight is 436 g/mol. The van der Waals surface area contributed by atoms with Crippen LogP contribution >= 0.6 is 11.3 Å². The van der Waals surface area contributed by atoms with E-state index >= 15 is 0 Å². The summed E-state index contributed by atoms with van der Waals surface area (Å²) < 4.78 is 3.01. The summed E-state index contributed by atoms with van der Waals surface area (Å²) in [6.45, 7) is 5.24. The third kappa shape index (κ3) is 4.46. The minimum Gasteiger partial charge on any atom is -0.337 e. The summed E-state index contributed by atoms with van der Waals surface area (Å²) >= 11 is 1.49. The van der Waals surface area contributed by atoms with Gasteiger partial charge in [-0.15, -0.1) is 0 Å². The van der Waals surface area contributed by atoms with Crippen molar-refractivity contribution < 1.29 is 9.72 Å². The van der Waals surface area contributed by atoms with Crippen molar-refractivity contribution in [3.05, 3.63) is 81.9 Å². The number of rotatable bonds is 7. The molecule has 4 aromatic rings. The van der Waals surface area contributed by atoms with Crippen molar-refractivity contribution in [2.24, 2.45) is 0 Å². The molecule has 0 bridgehead atoms. The number of amides is 1. The van der Waals surface area contributed by atoms with Crippen LogP contribution in [0.15, 0.2) is 55.1 Å². The third-order valence-corrected chi connectivity index (χ3v) is 6.20. The number of thiazole rings is 1. The molecule has 0 aliphatic carbocycles. The normalized spacial score (nSPS) is 11.0. The Morgan fingerprint density at radius 3 is 2.68 bits per heavy atom. The van der Waals surface area contributed by atoms with Crippen LogP contribution in [0.2, 0.25) is 0 Å². The third-order valence-electron chi connectivity index (χ3n) is 4.97. The molecule has 0 atom stereocenters. The molecule has 0 aliphatic heterocycles. The number of aromatic nitrogens is 3. The van der Waals surface area contributed by atoms with E-state index in [-0.39, 0.29) is 11.6 Å². The summed E-state index contributed by atoms with van der Waals surface area (Å²) in [6, 6.07) is 9.80. The predicted molar refractivity (Wildman–Crippen MR) is 121 cm³/mol. The number of imidazole rings is 1. The van der Waals surface area contributed by atoms with E-state index in [4.69, 9.17) is 4.98 Å². The van der Waals surface area contributed by atoms with Gasteiger partial charge in [-0.25, -0.2) is 9.97 Å². The molecule has 0 spiro atoms. The van der Waals surface area contributed by atoms with E-state index in [2.05, 4.69) is 11.1 Å². The van der Waals surface area contributed by atoms with Crippen molar-refractivity contribution in [1.29, 1.82) is 0 Å². The minimum atomic E-state index is -0.476. The van der Waals surface area contributed by atoms with Crippen LogP contribution in [-0.2, 0) is 6.54 Å². The molecule has 0 unspecified atom stereocenters. The van der Waals surface area contributed by atoms with Gasteiger partial charge in [0.2, 0.25) is 0 Å². The van der Waals surface area contributed by atoms with E-state index in [1.165, 1.54) is 35.6 Å².